The molecule has 11 heteroatoms. The van der Waals surface area contributed by atoms with Gasteiger partial charge in [-0.25, -0.2) is 9.78 Å². The zero-order valence-electron chi connectivity index (χ0n) is 16.3. The number of carbonyl (C=O) groups is 2. The number of anilines is 1. The number of esters is 1. The highest BCUT2D eigenvalue weighted by atomic mass is 35.5. The van der Waals surface area contributed by atoms with Crippen molar-refractivity contribution in [3.8, 4) is 11.4 Å². The lowest BCUT2D eigenvalue weighted by atomic mass is 10.1. The number of nitrogens with one attached hydrogen (secondary N) is 2. The second-order valence-electron chi connectivity index (χ2n) is 6.14. The SMILES string of the molecule is CCOC(=O)c1c(NC(=O)CSc2n[nH]c(-c3ccc(Cl)cc3Cl)n2)sc(C)c1C. The lowest BCUT2D eigenvalue weighted by Gasteiger charge is -2.06. The van der Waals surface area contributed by atoms with Crippen LogP contribution in [0.5, 0.6) is 0 Å². The maximum atomic E-state index is 12.4. The fraction of sp³-hybridized carbons (Fsp3) is 0.263. The molecule has 2 N–H and O–H groups in total. The van der Waals surface area contributed by atoms with Crippen molar-refractivity contribution in [2.75, 3.05) is 17.7 Å². The molecule has 2 heterocycles. The van der Waals surface area contributed by atoms with E-state index in [2.05, 4.69) is 20.5 Å². The van der Waals surface area contributed by atoms with Gasteiger partial charge in [-0.1, -0.05) is 35.0 Å². The van der Waals surface area contributed by atoms with Gasteiger partial charge in [0.15, 0.2) is 5.82 Å². The fourth-order valence-electron chi connectivity index (χ4n) is 2.57. The predicted molar refractivity (Wildman–Crippen MR) is 121 cm³/mol. The molecule has 0 saturated heterocycles. The van der Waals surface area contributed by atoms with Gasteiger partial charge in [-0.05, 0) is 44.5 Å². The van der Waals surface area contributed by atoms with Crippen LogP contribution in [-0.2, 0) is 9.53 Å². The van der Waals surface area contributed by atoms with Crippen LogP contribution in [-0.4, -0.2) is 39.4 Å². The number of benzene rings is 1. The quantitative estimate of drug-likeness (QED) is 0.345. The summed E-state index contributed by atoms with van der Waals surface area (Å²) < 4.78 is 5.10. The Bertz CT molecular complexity index is 1100. The van der Waals surface area contributed by atoms with Crippen LogP contribution < -0.4 is 5.32 Å². The highest BCUT2D eigenvalue weighted by Crippen LogP contribution is 2.33. The number of thiophene rings is 1. The number of carbonyl (C=O) groups excluding carboxylic acids is 2. The van der Waals surface area contributed by atoms with E-state index in [-0.39, 0.29) is 18.3 Å². The van der Waals surface area contributed by atoms with E-state index < -0.39 is 5.97 Å². The van der Waals surface area contributed by atoms with E-state index in [4.69, 9.17) is 27.9 Å². The summed E-state index contributed by atoms with van der Waals surface area (Å²) in [6.07, 6.45) is 0. The summed E-state index contributed by atoms with van der Waals surface area (Å²) in [6.45, 7) is 5.73. The molecular weight excluding hydrogens is 467 g/mol. The number of hydrogen-bond donors (Lipinski definition) is 2. The van der Waals surface area contributed by atoms with Gasteiger partial charge in [-0.15, -0.1) is 16.4 Å². The third-order valence-corrected chi connectivity index (χ3v) is 6.62. The van der Waals surface area contributed by atoms with E-state index in [9.17, 15) is 9.59 Å². The maximum absolute atomic E-state index is 12.4. The molecule has 2 aromatic heterocycles. The van der Waals surface area contributed by atoms with Gasteiger partial charge in [0.1, 0.15) is 5.00 Å². The normalized spacial score (nSPS) is 10.8. The number of halogens is 2. The molecular formula is C19H18Cl2N4O3S2. The van der Waals surface area contributed by atoms with E-state index in [0.29, 0.717) is 37.2 Å². The minimum atomic E-state index is -0.444. The lowest BCUT2D eigenvalue weighted by Crippen LogP contribution is -2.16. The van der Waals surface area contributed by atoms with Gasteiger partial charge in [0.2, 0.25) is 11.1 Å². The third kappa shape index (κ3) is 5.15. The summed E-state index contributed by atoms with van der Waals surface area (Å²) in [5.41, 5.74) is 1.86. The Morgan fingerprint density at radius 3 is 2.77 bits per heavy atom. The molecule has 0 aliphatic rings. The largest absolute Gasteiger partial charge is 0.462 e. The van der Waals surface area contributed by atoms with Crippen molar-refractivity contribution < 1.29 is 14.3 Å². The molecule has 3 rings (SSSR count). The van der Waals surface area contributed by atoms with Gasteiger partial charge in [0.05, 0.1) is 22.9 Å². The molecule has 30 heavy (non-hydrogen) atoms. The maximum Gasteiger partial charge on any atom is 0.341 e. The van der Waals surface area contributed by atoms with Crippen LogP contribution in [0.1, 0.15) is 27.7 Å². The zero-order valence-corrected chi connectivity index (χ0v) is 19.5. The first-order valence-electron chi connectivity index (χ1n) is 8.87. The Morgan fingerprint density at radius 2 is 2.07 bits per heavy atom. The Morgan fingerprint density at radius 1 is 1.30 bits per heavy atom. The van der Waals surface area contributed by atoms with Crippen LogP contribution in [0.4, 0.5) is 5.00 Å². The molecule has 3 aromatic rings. The Labute approximate surface area is 191 Å². The number of aryl methyl sites for hydroxylation is 1. The molecule has 0 radical (unpaired) electrons. The minimum absolute atomic E-state index is 0.0733. The van der Waals surface area contributed by atoms with Crippen molar-refractivity contribution in [3.63, 3.8) is 0 Å². The van der Waals surface area contributed by atoms with Crippen molar-refractivity contribution in [2.45, 2.75) is 25.9 Å². The molecule has 1 aromatic carbocycles. The van der Waals surface area contributed by atoms with Crippen molar-refractivity contribution in [1.82, 2.24) is 15.2 Å². The summed E-state index contributed by atoms with van der Waals surface area (Å²) in [7, 11) is 0. The molecule has 0 bridgehead atoms. The average Bonchev–Trinajstić information content (AvgIpc) is 3.25. The number of rotatable bonds is 7. The Hall–Kier alpha value is -2.07. The summed E-state index contributed by atoms with van der Waals surface area (Å²) in [4.78, 5) is 30.0. The summed E-state index contributed by atoms with van der Waals surface area (Å²) in [6, 6.07) is 5.07. The Kier molecular flexibility index (Phi) is 7.41. The molecule has 0 atom stereocenters. The van der Waals surface area contributed by atoms with Crippen LogP contribution >= 0.6 is 46.3 Å². The van der Waals surface area contributed by atoms with Crippen LogP contribution in [0.3, 0.4) is 0 Å². The molecule has 1 amide bonds. The number of hydrogen-bond acceptors (Lipinski definition) is 7. The highest BCUT2D eigenvalue weighted by molar-refractivity contribution is 7.99. The molecule has 0 aliphatic heterocycles. The summed E-state index contributed by atoms with van der Waals surface area (Å²) in [5, 5.41) is 11.6. The summed E-state index contributed by atoms with van der Waals surface area (Å²) >= 11 is 14.6. The number of amides is 1. The average molecular weight is 485 g/mol. The van der Waals surface area contributed by atoms with Crippen molar-refractivity contribution in [3.05, 3.63) is 44.2 Å². The number of nitrogens with zero attached hydrogens (tertiary/aromatic N) is 2. The molecule has 158 valence electrons. The molecule has 0 saturated carbocycles. The first-order valence-corrected chi connectivity index (χ1v) is 11.4. The summed E-state index contributed by atoms with van der Waals surface area (Å²) in [5.74, 6) is -0.165. The molecule has 7 nitrogen and oxygen atoms in total. The first kappa shape index (κ1) is 22.6. The van der Waals surface area contributed by atoms with Gasteiger partial charge in [-0.3, -0.25) is 9.89 Å². The van der Waals surface area contributed by atoms with Gasteiger partial charge in [-0.2, -0.15) is 0 Å². The topological polar surface area (TPSA) is 97.0 Å². The van der Waals surface area contributed by atoms with Gasteiger partial charge >= 0.3 is 5.97 Å². The van der Waals surface area contributed by atoms with Crippen molar-refractivity contribution in [2.24, 2.45) is 0 Å². The lowest BCUT2D eigenvalue weighted by molar-refractivity contribution is -0.113. The third-order valence-electron chi connectivity index (χ3n) is 4.10. The van der Waals surface area contributed by atoms with E-state index in [1.54, 1.807) is 25.1 Å². The van der Waals surface area contributed by atoms with Gasteiger partial charge in [0.25, 0.3) is 0 Å². The van der Waals surface area contributed by atoms with Crippen LogP contribution in [0.15, 0.2) is 23.4 Å². The molecule has 0 aliphatic carbocycles. The number of aromatic nitrogens is 3. The van der Waals surface area contributed by atoms with Crippen LogP contribution in [0.25, 0.3) is 11.4 Å². The van der Waals surface area contributed by atoms with Crippen LogP contribution in [0.2, 0.25) is 10.0 Å². The number of H-pyrrole nitrogens is 1. The zero-order chi connectivity index (χ0) is 21.8. The van der Waals surface area contributed by atoms with Crippen LogP contribution in [0, 0.1) is 13.8 Å². The second kappa shape index (κ2) is 9.82. The first-order chi connectivity index (χ1) is 14.3. The van der Waals surface area contributed by atoms with Crippen molar-refractivity contribution >= 4 is 63.2 Å². The monoisotopic (exact) mass is 484 g/mol. The van der Waals surface area contributed by atoms with E-state index in [1.165, 1.54) is 11.3 Å². The number of thioether (sulfide) groups is 1. The second-order valence-corrected chi connectivity index (χ2v) is 9.15. The van der Waals surface area contributed by atoms with Crippen molar-refractivity contribution in [1.29, 1.82) is 0 Å². The molecule has 0 spiro atoms. The fourth-order valence-corrected chi connectivity index (χ4v) is 4.73. The number of ether oxygens (including phenoxy) is 1. The van der Waals surface area contributed by atoms with E-state index in [1.807, 2.05) is 13.8 Å². The smallest absolute Gasteiger partial charge is 0.341 e. The highest BCUT2D eigenvalue weighted by Gasteiger charge is 2.22. The Balaban J connectivity index is 1.65. The predicted octanol–water partition coefficient (Wildman–Crippen LogP) is 5.36. The number of aromatic amines is 1. The standard InChI is InChI=1S/C19H18Cl2N4O3S2/c1-4-28-18(27)15-9(2)10(3)30-17(15)22-14(26)8-29-19-23-16(24-25-19)12-6-5-11(20)7-13(12)21/h5-7H,4,8H2,1-3H3,(H,22,26)(H,23,24,25). The van der Waals surface area contributed by atoms with Gasteiger partial charge in [0, 0.05) is 15.5 Å². The molecule has 0 unspecified atom stereocenters. The van der Waals surface area contributed by atoms with E-state index >= 15 is 0 Å². The van der Waals surface area contributed by atoms with E-state index in [0.717, 1.165) is 22.2 Å². The van der Waals surface area contributed by atoms with Gasteiger partial charge < -0.3 is 10.1 Å². The molecule has 0 fully saturated rings. The minimum Gasteiger partial charge on any atom is -0.462 e.